The van der Waals surface area contributed by atoms with Gasteiger partial charge in [-0.2, -0.15) is 0 Å². The molecule has 0 aromatic carbocycles. The number of carbonyl (C=O) groups is 2. The first-order valence-electron chi connectivity index (χ1n) is 6.56. The molecule has 1 aliphatic rings. The van der Waals surface area contributed by atoms with E-state index < -0.39 is 22.0 Å². The van der Waals surface area contributed by atoms with Gasteiger partial charge in [0.1, 0.15) is 6.04 Å². The van der Waals surface area contributed by atoms with Gasteiger partial charge in [-0.15, -0.1) is 0 Å². The fourth-order valence-electron chi connectivity index (χ4n) is 1.79. The molecule has 0 aliphatic heterocycles. The summed E-state index contributed by atoms with van der Waals surface area (Å²) in [5.41, 5.74) is 0. The van der Waals surface area contributed by atoms with Gasteiger partial charge in [-0.25, -0.2) is 8.42 Å². The van der Waals surface area contributed by atoms with Crippen molar-refractivity contribution in [2.75, 3.05) is 5.75 Å². The molecule has 7 heteroatoms. The molecule has 0 radical (unpaired) electrons. The monoisotopic (exact) mass is 290 g/mol. The van der Waals surface area contributed by atoms with Gasteiger partial charge in [0.2, 0.25) is 15.9 Å². The summed E-state index contributed by atoms with van der Waals surface area (Å²) in [6.07, 6.45) is 2.71. The topological polar surface area (TPSA) is 92.3 Å². The van der Waals surface area contributed by atoms with Crippen molar-refractivity contribution in [3.8, 4) is 0 Å². The van der Waals surface area contributed by atoms with Crippen molar-refractivity contribution in [1.29, 1.82) is 0 Å². The lowest BCUT2D eigenvalue weighted by Crippen LogP contribution is -2.49. The highest BCUT2D eigenvalue weighted by Gasteiger charge is 2.28. The highest BCUT2D eigenvalue weighted by molar-refractivity contribution is 7.90. The zero-order chi connectivity index (χ0) is 14.6. The summed E-state index contributed by atoms with van der Waals surface area (Å²) in [5, 5.41) is 2.54. The number of sulfonamides is 1. The minimum absolute atomic E-state index is 0.0254. The molecule has 6 nitrogen and oxygen atoms in total. The first-order chi connectivity index (χ1) is 8.71. The van der Waals surface area contributed by atoms with E-state index in [2.05, 4.69) is 5.32 Å². The third-order valence-corrected chi connectivity index (χ3v) is 4.65. The Morgan fingerprint density at radius 1 is 1.21 bits per heavy atom. The van der Waals surface area contributed by atoms with Crippen LogP contribution in [0.25, 0.3) is 0 Å². The SMILES string of the molecule is CC(C)CS(=O)(=O)NC(=O)C(C)NC(=O)C1CCC1. The van der Waals surface area contributed by atoms with Crippen molar-refractivity contribution < 1.29 is 18.0 Å². The first-order valence-corrected chi connectivity index (χ1v) is 8.21. The van der Waals surface area contributed by atoms with Crippen LogP contribution >= 0.6 is 0 Å². The lowest BCUT2D eigenvalue weighted by Gasteiger charge is -2.25. The van der Waals surface area contributed by atoms with Crippen molar-refractivity contribution in [1.82, 2.24) is 10.0 Å². The van der Waals surface area contributed by atoms with Crippen molar-refractivity contribution in [2.45, 2.75) is 46.1 Å². The summed E-state index contributed by atoms with van der Waals surface area (Å²) in [6.45, 7) is 4.99. The Morgan fingerprint density at radius 3 is 2.21 bits per heavy atom. The summed E-state index contributed by atoms with van der Waals surface area (Å²) in [6, 6.07) is -0.838. The minimum Gasteiger partial charge on any atom is -0.344 e. The number of hydrogen-bond donors (Lipinski definition) is 2. The molecule has 1 atom stereocenters. The molecule has 0 spiro atoms. The normalized spacial score (nSPS) is 17.7. The van der Waals surface area contributed by atoms with Crippen molar-refractivity contribution in [3.63, 3.8) is 0 Å². The van der Waals surface area contributed by atoms with Gasteiger partial charge in [-0.1, -0.05) is 20.3 Å². The third-order valence-electron chi connectivity index (χ3n) is 3.04. The lowest BCUT2D eigenvalue weighted by molar-refractivity contribution is -0.131. The van der Waals surface area contributed by atoms with Gasteiger partial charge in [-0.3, -0.25) is 14.3 Å². The van der Waals surface area contributed by atoms with E-state index in [0.29, 0.717) is 0 Å². The van der Waals surface area contributed by atoms with Crippen LogP contribution in [0.4, 0.5) is 0 Å². The summed E-state index contributed by atoms with van der Waals surface area (Å²) in [7, 11) is -3.62. The zero-order valence-corrected chi connectivity index (χ0v) is 12.4. The molecule has 1 fully saturated rings. The molecule has 1 aliphatic carbocycles. The molecule has 1 unspecified atom stereocenters. The first kappa shape index (κ1) is 15.9. The second-order valence-corrected chi connectivity index (χ2v) is 7.27. The van der Waals surface area contributed by atoms with E-state index in [0.717, 1.165) is 19.3 Å². The Hall–Kier alpha value is -1.11. The maximum Gasteiger partial charge on any atom is 0.255 e. The molecular weight excluding hydrogens is 268 g/mol. The number of rotatable bonds is 6. The summed E-state index contributed by atoms with van der Waals surface area (Å²) >= 11 is 0. The van der Waals surface area contributed by atoms with Crippen LogP contribution < -0.4 is 10.0 Å². The van der Waals surface area contributed by atoms with Crippen LogP contribution in [-0.2, 0) is 19.6 Å². The number of amides is 2. The lowest BCUT2D eigenvalue weighted by atomic mass is 9.84. The molecule has 0 heterocycles. The summed E-state index contributed by atoms with van der Waals surface area (Å²) < 4.78 is 25.2. The quantitative estimate of drug-likeness (QED) is 0.740. The van der Waals surface area contributed by atoms with Crippen LogP contribution in [0.1, 0.15) is 40.0 Å². The van der Waals surface area contributed by atoms with Gasteiger partial charge in [0.05, 0.1) is 5.75 Å². The van der Waals surface area contributed by atoms with E-state index in [1.807, 2.05) is 4.72 Å². The second-order valence-electron chi connectivity index (χ2n) is 5.50. The van der Waals surface area contributed by atoms with Crippen molar-refractivity contribution in [2.24, 2.45) is 11.8 Å². The number of carbonyl (C=O) groups excluding carboxylic acids is 2. The maximum absolute atomic E-state index is 11.7. The summed E-state index contributed by atoms with van der Waals surface area (Å²) in [4.78, 5) is 23.3. The smallest absolute Gasteiger partial charge is 0.255 e. The molecule has 2 N–H and O–H groups in total. The number of nitrogens with one attached hydrogen (secondary N) is 2. The van der Waals surface area contributed by atoms with Crippen molar-refractivity contribution >= 4 is 21.8 Å². The average Bonchev–Trinajstić information content (AvgIpc) is 2.10. The molecule has 19 heavy (non-hydrogen) atoms. The number of hydrogen-bond acceptors (Lipinski definition) is 4. The van der Waals surface area contributed by atoms with Gasteiger partial charge in [0.15, 0.2) is 0 Å². The van der Waals surface area contributed by atoms with Crippen LogP contribution in [0.5, 0.6) is 0 Å². The van der Waals surface area contributed by atoms with Crippen LogP contribution in [0.15, 0.2) is 0 Å². The Balaban J connectivity index is 2.45. The minimum atomic E-state index is -3.62. The van der Waals surface area contributed by atoms with Crippen LogP contribution in [0.2, 0.25) is 0 Å². The molecule has 1 rings (SSSR count). The van der Waals surface area contributed by atoms with E-state index in [-0.39, 0.29) is 23.5 Å². The highest BCUT2D eigenvalue weighted by Crippen LogP contribution is 2.26. The van der Waals surface area contributed by atoms with E-state index in [9.17, 15) is 18.0 Å². The predicted molar refractivity (Wildman–Crippen MR) is 71.7 cm³/mol. The fourth-order valence-corrected chi connectivity index (χ4v) is 3.23. The molecule has 0 bridgehead atoms. The van der Waals surface area contributed by atoms with E-state index in [4.69, 9.17) is 0 Å². The molecule has 110 valence electrons. The Morgan fingerprint density at radius 2 is 1.79 bits per heavy atom. The predicted octanol–water partition coefficient (Wildman–Crippen LogP) is 0.393. The van der Waals surface area contributed by atoms with E-state index >= 15 is 0 Å². The highest BCUT2D eigenvalue weighted by atomic mass is 32.2. The van der Waals surface area contributed by atoms with Crippen LogP contribution in [-0.4, -0.2) is 32.0 Å². The van der Waals surface area contributed by atoms with Gasteiger partial charge in [-0.05, 0) is 25.7 Å². The van der Waals surface area contributed by atoms with E-state index in [1.54, 1.807) is 13.8 Å². The Bertz CT molecular complexity index is 441. The maximum atomic E-state index is 11.7. The second kappa shape index (κ2) is 6.36. The molecule has 2 amide bonds. The Kier molecular flexibility index (Phi) is 5.34. The van der Waals surface area contributed by atoms with Gasteiger partial charge in [0.25, 0.3) is 5.91 Å². The molecule has 0 saturated heterocycles. The molecule has 0 aromatic rings. The third kappa shape index (κ3) is 5.18. The zero-order valence-electron chi connectivity index (χ0n) is 11.6. The largest absolute Gasteiger partial charge is 0.344 e. The molecular formula is C12H22N2O4S. The molecule has 1 saturated carbocycles. The van der Waals surface area contributed by atoms with E-state index in [1.165, 1.54) is 6.92 Å². The summed E-state index contributed by atoms with van der Waals surface area (Å²) in [5.74, 6) is -1.06. The Labute approximate surface area is 114 Å². The average molecular weight is 290 g/mol. The standard InChI is InChI=1S/C12H22N2O4S/c1-8(2)7-19(17,18)14-11(15)9(3)13-12(16)10-5-4-6-10/h8-10H,4-7H2,1-3H3,(H,13,16)(H,14,15). The molecule has 0 aromatic heterocycles. The van der Waals surface area contributed by atoms with Gasteiger partial charge in [0, 0.05) is 5.92 Å². The van der Waals surface area contributed by atoms with Crippen molar-refractivity contribution in [3.05, 3.63) is 0 Å². The van der Waals surface area contributed by atoms with Gasteiger partial charge >= 0.3 is 0 Å². The van der Waals surface area contributed by atoms with Crippen LogP contribution in [0, 0.1) is 11.8 Å². The van der Waals surface area contributed by atoms with Crippen LogP contribution in [0.3, 0.4) is 0 Å². The fraction of sp³-hybridized carbons (Fsp3) is 0.833. The van der Waals surface area contributed by atoms with Gasteiger partial charge < -0.3 is 5.32 Å².